The summed E-state index contributed by atoms with van der Waals surface area (Å²) < 4.78 is 4.93. The van der Waals surface area contributed by atoms with Gasteiger partial charge in [0.1, 0.15) is 6.54 Å². The highest BCUT2D eigenvalue weighted by Gasteiger charge is 2.27. The standard InChI is InChI=1S/C14H26N2O3/c1-5-19-13(17)10-16(11(2)3)14(18)15-8-6-12(4)7-9-15/h11-12H,5-10H2,1-4H3. The summed E-state index contributed by atoms with van der Waals surface area (Å²) in [5.74, 6) is 0.344. The van der Waals surface area contributed by atoms with Crippen molar-refractivity contribution in [2.24, 2.45) is 5.92 Å². The molecule has 1 rings (SSSR count). The molecule has 19 heavy (non-hydrogen) atoms. The van der Waals surface area contributed by atoms with Crippen LogP contribution < -0.4 is 0 Å². The van der Waals surface area contributed by atoms with Gasteiger partial charge in [0.15, 0.2) is 0 Å². The molecule has 2 amide bonds. The SMILES string of the molecule is CCOC(=O)CN(C(=O)N1CCC(C)CC1)C(C)C. The Morgan fingerprint density at radius 1 is 1.32 bits per heavy atom. The zero-order valence-electron chi connectivity index (χ0n) is 12.5. The molecule has 0 aromatic carbocycles. The number of hydrogen-bond acceptors (Lipinski definition) is 3. The van der Waals surface area contributed by atoms with Crippen LogP contribution in [0.15, 0.2) is 0 Å². The summed E-state index contributed by atoms with van der Waals surface area (Å²) in [7, 11) is 0. The third kappa shape index (κ3) is 4.73. The third-order valence-corrected chi connectivity index (χ3v) is 3.53. The van der Waals surface area contributed by atoms with Crippen molar-refractivity contribution in [3.63, 3.8) is 0 Å². The average molecular weight is 270 g/mol. The van der Waals surface area contributed by atoms with Crippen LogP contribution in [0.25, 0.3) is 0 Å². The van der Waals surface area contributed by atoms with Gasteiger partial charge in [0.25, 0.3) is 0 Å². The molecule has 0 radical (unpaired) electrons. The Morgan fingerprint density at radius 3 is 2.37 bits per heavy atom. The van der Waals surface area contributed by atoms with E-state index in [0.29, 0.717) is 12.5 Å². The molecule has 0 aliphatic carbocycles. The molecule has 1 fully saturated rings. The molecule has 1 heterocycles. The molecular weight excluding hydrogens is 244 g/mol. The molecule has 0 N–H and O–H groups in total. The first kappa shape index (κ1) is 15.8. The van der Waals surface area contributed by atoms with Gasteiger partial charge in [-0.05, 0) is 39.5 Å². The van der Waals surface area contributed by atoms with E-state index < -0.39 is 0 Å². The normalized spacial score (nSPS) is 16.6. The lowest BCUT2D eigenvalue weighted by Crippen LogP contribution is -2.50. The van der Waals surface area contributed by atoms with Crippen LogP contribution in [0.3, 0.4) is 0 Å². The van der Waals surface area contributed by atoms with E-state index in [1.54, 1.807) is 11.8 Å². The lowest BCUT2D eigenvalue weighted by Gasteiger charge is -2.36. The zero-order chi connectivity index (χ0) is 14.4. The lowest BCUT2D eigenvalue weighted by atomic mass is 9.99. The summed E-state index contributed by atoms with van der Waals surface area (Å²) in [5.41, 5.74) is 0. The number of rotatable bonds is 4. The minimum atomic E-state index is -0.338. The number of piperidine rings is 1. The molecule has 0 atom stereocenters. The lowest BCUT2D eigenvalue weighted by molar-refractivity contribution is -0.144. The number of ether oxygens (including phenoxy) is 1. The number of nitrogens with zero attached hydrogens (tertiary/aromatic N) is 2. The Balaban J connectivity index is 2.60. The first-order valence-corrected chi connectivity index (χ1v) is 7.16. The number of carbonyl (C=O) groups excluding carboxylic acids is 2. The van der Waals surface area contributed by atoms with Crippen molar-refractivity contribution in [2.45, 2.75) is 46.6 Å². The molecule has 0 bridgehead atoms. The first-order valence-electron chi connectivity index (χ1n) is 7.16. The maximum atomic E-state index is 12.4. The van der Waals surface area contributed by atoms with Crippen LogP contribution in [0.4, 0.5) is 4.79 Å². The van der Waals surface area contributed by atoms with Crippen molar-refractivity contribution in [1.29, 1.82) is 0 Å². The van der Waals surface area contributed by atoms with Crippen LogP contribution in [0.5, 0.6) is 0 Å². The summed E-state index contributed by atoms with van der Waals surface area (Å²) in [4.78, 5) is 27.4. The molecule has 0 aromatic heterocycles. The third-order valence-electron chi connectivity index (χ3n) is 3.53. The second-order valence-corrected chi connectivity index (χ2v) is 5.48. The van der Waals surface area contributed by atoms with Gasteiger partial charge < -0.3 is 14.5 Å². The number of carbonyl (C=O) groups is 2. The fraction of sp³-hybridized carbons (Fsp3) is 0.857. The number of likely N-dealkylation sites (tertiary alicyclic amines) is 1. The van der Waals surface area contributed by atoms with E-state index in [4.69, 9.17) is 4.74 Å². The molecule has 0 unspecified atom stereocenters. The van der Waals surface area contributed by atoms with Crippen molar-refractivity contribution < 1.29 is 14.3 Å². The molecule has 0 spiro atoms. The van der Waals surface area contributed by atoms with Gasteiger partial charge in [-0.15, -0.1) is 0 Å². The summed E-state index contributed by atoms with van der Waals surface area (Å²) in [6, 6.07) is -0.0498. The molecule has 110 valence electrons. The van der Waals surface area contributed by atoms with Gasteiger partial charge in [0, 0.05) is 19.1 Å². The largest absolute Gasteiger partial charge is 0.465 e. The Kier molecular flexibility index (Phi) is 6.12. The van der Waals surface area contributed by atoms with E-state index in [1.807, 2.05) is 18.7 Å². The fourth-order valence-corrected chi connectivity index (χ4v) is 2.20. The van der Waals surface area contributed by atoms with Crippen molar-refractivity contribution >= 4 is 12.0 Å². The minimum Gasteiger partial charge on any atom is -0.465 e. The molecule has 0 saturated carbocycles. The fourth-order valence-electron chi connectivity index (χ4n) is 2.20. The second-order valence-electron chi connectivity index (χ2n) is 5.48. The predicted molar refractivity (Wildman–Crippen MR) is 73.8 cm³/mol. The number of urea groups is 1. The molecule has 0 aromatic rings. The van der Waals surface area contributed by atoms with Gasteiger partial charge in [-0.2, -0.15) is 0 Å². The van der Waals surface area contributed by atoms with Gasteiger partial charge >= 0.3 is 12.0 Å². The van der Waals surface area contributed by atoms with Gasteiger partial charge in [0.05, 0.1) is 6.61 Å². The van der Waals surface area contributed by atoms with Crippen LogP contribution in [0, 0.1) is 5.92 Å². The molecular formula is C14H26N2O3. The van der Waals surface area contributed by atoms with Gasteiger partial charge in [-0.3, -0.25) is 4.79 Å². The van der Waals surface area contributed by atoms with Crippen LogP contribution in [0.2, 0.25) is 0 Å². The highest BCUT2D eigenvalue weighted by molar-refractivity contribution is 5.81. The Labute approximate surface area is 115 Å². The Morgan fingerprint density at radius 2 is 1.89 bits per heavy atom. The average Bonchev–Trinajstić information content (AvgIpc) is 2.36. The Bertz CT molecular complexity index is 310. The molecule has 5 heteroatoms. The topological polar surface area (TPSA) is 49.9 Å². The highest BCUT2D eigenvalue weighted by atomic mass is 16.5. The van der Waals surface area contributed by atoms with Gasteiger partial charge in [-0.1, -0.05) is 6.92 Å². The minimum absolute atomic E-state index is 0.00347. The first-order chi connectivity index (χ1) is 8.95. The summed E-state index contributed by atoms with van der Waals surface area (Å²) in [5, 5.41) is 0. The van der Waals surface area contributed by atoms with E-state index in [0.717, 1.165) is 25.9 Å². The molecule has 1 aliphatic heterocycles. The second kappa shape index (κ2) is 7.36. The molecule has 5 nitrogen and oxygen atoms in total. The highest BCUT2D eigenvalue weighted by Crippen LogP contribution is 2.18. The van der Waals surface area contributed by atoms with Gasteiger partial charge in [0.2, 0.25) is 0 Å². The monoisotopic (exact) mass is 270 g/mol. The van der Waals surface area contributed by atoms with E-state index in [9.17, 15) is 9.59 Å². The van der Waals surface area contributed by atoms with Crippen molar-refractivity contribution in [3.05, 3.63) is 0 Å². The van der Waals surface area contributed by atoms with Crippen LogP contribution in [-0.2, 0) is 9.53 Å². The van der Waals surface area contributed by atoms with E-state index >= 15 is 0 Å². The number of esters is 1. The predicted octanol–water partition coefficient (Wildman–Crippen LogP) is 2.11. The zero-order valence-corrected chi connectivity index (χ0v) is 12.5. The summed E-state index contributed by atoms with van der Waals surface area (Å²) >= 11 is 0. The smallest absolute Gasteiger partial charge is 0.325 e. The van der Waals surface area contributed by atoms with Crippen molar-refractivity contribution in [1.82, 2.24) is 9.80 Å². The van der Waals surface area contributed by atoms with E-state index in [1.165, 1.54) is 0 Å². The van der Waals surface area contributed by atoms with Crippen molar-refractivity contribution in [3.8, 4) is 0 Å². The van der Waals surface area contributed by atoms with Crippen molar-refractivity contribution in [2.75, 3.05) is 26.2 Å². The quantitative estimate of drug-likeness (QED) is 0.735. The van der Waals surface area contributed by atoms with Gasteiger partial charge in [-0.25, -0.2) is 4.79 Å². The molecule has 1 saturated heterocycles. The van der Waals surface area contributed by atoms with Crippen LogP contribution in [0.1, 0.15) is 40.5 Å². The van der Waals surface area contributed by atoms with E-state index in [2.05, 4.69) is 6.92 Å². The maximum absolute atomic E-state index is 12.4. The summed E-state index contributed by atoms with van der Waals surface area (Å²) in [6.45, 7) is 9.77. The van der Waals surface area contributed by atoms with E-state index in [-0.39, 0.29) is 24.6 Å². The number of amides is 2. The summed E-state index contributed by atoms with van der Waals surface area (Å²) in [6.07, 6.45) is 2.08. The van der Waals surface area contributed by atoms with Crippen LogP contribution >= 0.6 is 0 Å². The maximum Gasteiger partial charge on any atom is 0.325 e. The number of hydrogen-bond donors (Lipinski definition) is 0. The van der Waals surface area contributed by atoms with Crippen LogP contribution in [-0.4, -0.2) is 54.1 Å². The Hall–Kier alpha value is -1.26. The molecule has 1 aliphatic rings.